The molecule has 0 aliphatic heterocycles. The van der Waals surface area contributed by atoms with E-state index in [0.717, 1.165) is 17.0 Å². The van der Waals surface area contributed by atoms with Crippen molar-refractivity contribution in [3.05, 3.63) is 51.6 Å². The van der Waals surface area contributed by atoms with E-state index in [2.05, 4.69) is 16.3 Å². The van der Waals surface area contributed by atoms with Crippen molar-refractivity contribution in [3.63, 3.8) is 0 Å². The van der Waals surface area contributed by atoms with Gasteiger partial charge in [0.25, 0.3) is 0 Å². The Morgan fingerprint density at radius 1 is 1.21 bits per heavy atom. The van der Waals surface area contributed by atoms with Gasteiger partial charge in [-0.15, -0.1) is 21.5 Å². The summed E-state index contributed by atoms with van der Waals surface area (Å²) in [4.78, 5) is 1.32. The first-order chi connectivity index (χ1) is 13.1. The molecule has 0 aliphatic rings. The van der Waals surface area contributed by atoms with Gasteiger partial charge in [-0.25, -0.2) is 8.78 Å². The van der Waals surface area contributed by atoms with Crippen LogP contribution in [0.3, 0.4) is 0 Å². The highest BCUT2D eigenvalue weighted by atomic mass is 35.5. The quantitative estimate of drug-likeness (QED) is 0.528. The van der Waals surface area contributed by atoms with Crippen LogP contribution in [0, 0.1) is 23.0 Å². The van der Waals surface area contributed by atoms with Crippen molar-refractivity contribution in [2.75, 3.05) is 0 Å². The van der Waals surface area contributed by atoms with Crippen LogP contribution < -0.4 is 4.74 Å². The lowest BCUT2D eigenvalue weighted by molar-refractivity contribution is 0.0814. The van der Waals surface area contributed by atoms with Crippen LogP contribution >= 0.6 is 22.9 Å². The lowest BCUT2D eigenvalue weighted by Crippen LogP contribution is -2.31. The molecule has 0 atom stereocenters. The molecule has 2 heterocycles. The topological polar surface area (TPSA) is 63.7 Å². The molecular weight excluding hydrogens is 406 g/mol. The summed E-state index contributed by atoms with van der Waals surface area (Å²) in [5.74, 6) is -1.36. The lowest BCUT2D eigenvalue weighted by Gasteiger charge is -2.28. The van der Waals surface area contributed by atoms with Gasteiger partial charge in [0, 0.05) is 11.1 Å². The van der Waals surface area contributed by atoms with E-state index in [1.54, 1.807) is 26.0 Å². The van der Waals surface area contributed by atoms with Crippen molar-refractivity contribution in [2.24, 2.45) is 0 Å². The molecule has 9 heteroatoms. The van der Waals surface area contributed by atoms with Gasteiger partial charge in [-0.05, 0) is 52.0 Å². The SMILES string of the molecule is CC(C)n1c(-c2ccc(C#N)s2)nnc1C(C)(C)Oc1c(F)cc(Cl)cc1F. The van der Waals surface area contributed by atoms with Gasteiger partial charge < -0.3 is 9.30 Å². The number of rotatable bonds is 5. The predicted octanol–water partition coefficient (Wildman–Crippen LogP) is 5.70. The molecule has 0 aliphatic carbocycles. The molecular formula is C19H17ClF2N4OS. The summed E-state index contributed by atoms with van der Waals surface area (Å²) < 4.78 is 35.9. The first kappa shape index (κ1) is 20.2. The number of nitriles is 1. The second kappa shape index (κ2) is 7.49. The van der Waals surface area contributed by atoms with Gasteiger partial charge in [0.2, 0.25) is 0 Å². The summed E-state index contributed by atoms with van der Waals surface area (Å²) in [5.41, 5.74) is -1.19. The highest BCUT2D eigenvalue weighted by Gasteiger charge is 2.34. The van der Waals surface area contributed by atoms with E-state index in [0.29, 0.717) is 16.5 Å². The Kier molecular flexibility index (Phi) is 5.41. The van der Waals surface area contributed by atoms with Crippen molar-refractivity contribution in [1.29, 1.82) is 5.26 Å². The fourth-order valence-corrected chi connectivity index (χ4v) is 3.78. The molecule has 1 aromatic carbocycles. The minimum absolute atomic E-state index is 0.0567. The van der Waals surface area contributed by atoms with Gasteiger partial charge in [0.15, 0.2) is 34.6 Å². The number of ether oxygens (including phenoxy) is 1. The van der Waals surface area contributed by atoms with Crippen molar-refractivity contribution >= 4 is 22.9 Å². The van der Waals surface area contributed by atoms with Crippen LogP contribution in [0.5, 0.6) is 5.75 Å². The highest BCUT2D eigenvalue weighted by molar-refractivity contribution is 7.15. The number of benzene rings is 1. The number of thiophene rings is 1. The Bertz CT molecular complexity index is 1050. The van der Waals surface area contributed by atoms with E-state index in [-0.39, 0.29) is 11.1 Å². The van der Waals surface area contributed by atoms with E-state index < -0.39 is 23.0 Å². The number of nitrogens with zero attached hydrogens (tertiary/aromatic N) is 4. The third-order valence-corrected chi connectivity index (χ3v) is 5.21. The molecule has 0 bridgehead atoms. The maximum Gasteiger partial charge on any atom is 0.192 e. The van der Waals surface area contributed by atoms with E-state index in [1.807, 2.05) is 18.4 Å². The molecule has 2 aromatic heterocycles. The standard InChI is InChI=1S/C19H17ClF2N4OS/c1-10(2)26-17(15-6-5-12(9-23)28-15)24-25-18(26)19(3,4)27-16-13(21)7-11(20)8-14(16)22/h5-8,10H,1-4H3. The first-order valence-corrected chi connectivity index (χ1v) is 9.62. The molecule has 0 saturated heterocycles. The third-order valence-electron chi connectivity index (χ3n) is 4.01. The molecule has 146 valence electrons. The Labute approximate surface area is 170 Å². The van der Waals surface area contributed by atoms with Crippen molar-refractivity contribution in [3.8, 4) is 22.5 Å². The van der Waals surface area contributed by atoms with Gasteiger partial charge >= 0.3 is 0 Å². The van der Waals surface area contributed by atoms with Crippen LogP contribution in [-0.2, 0) is 5.60 Å². The van der Waals surface area contributed by atoms with Crippen LogP contribution in [0.2, 0.25) is 5.02 Å². The number of aromatic nitrogens is 3. The molecule has 0 unspecified atom stereocenters. The molecule has 28 heavy (non-hydrogen) atoms. The molecule has 0 spiro atoms. The minimum Gasteiger partial charge on any atom is -0.474 e. The normalized spacial score (nSPS) is 11.7. The average Bonchev–Trinajstić information content (AvgIpc) is 3.24. The molecule has 0 saturated carbocycles. The Hall–Kier alpha value is -2.50. The minimum atomic E-state index is -1.19. The molecule has 0 amide bonds. The summed E-state index contributed by atoms with van der Waals surface area (Å²) in [6, 6.07) is 7.52. The molecule has 3 aromatic rings. The van der Waals surface area contributed by atoms with Gasteiger partial charge in [-0.3, -0.25) is 0 Å². The van der Waals surface area contributed by atoms with E-state index in [1.165, 1.54) is 11.3 Å². The molecule has 5 nitrogen and oxygen atoms in total. The summed E-state index contributed by atoms with van der Waals surface area (Å²) in [5, 5.41) is 17.5. The molecule has 3 rings (SSSR count). The summed E-state index contributed by atoms with van der Waals surface area (Å²) in [7, 11) is 0. The largest absolute Gasteiger partial charge is 0.474 e. The average molecular weight is 423 g/mol. The van der Waals surface area contributed by atoms with Crippen molar-refractivity contribution in [2.45, 2.75) is 39.3 Å². The summed E-state index contributed by atoms with van der Waals surface area (Å²) in [6.45, 7) is 7.19. The summed E-state index contributed by atoms with van der Waals surface area (Å²) in [6.07, 6.45) is 0. The van der Waals surface area contributed by atoms with E-state index in [9.17, 15) is 8.78 Å². The number of halogens is 3. The Morgan fingerprint density at radius 2 is 1.86 bits per heavy atom. The van der Waals surface area contributed by atoms with E-state index in [4.69, 9.17) is 21.6 Å². The zero-order chi connectivity index (χ0) is 20.6. The zero-order valence-electron chi connectivity index (χ0n) is 15.6. The second-order valence-corrected chi connectivity index (χ2v) is 8.42. The monoisotopic (exact) mass is 422 g/mol. The van der Waals surface area contributed by atoms with Crippen molar-refractivity contribution < 1.29 is 13.5 Å². The van der Waals surface area contributed by atoms with Crippen molar-refractivity contribution in [1.82, 2.24) is 14.8 Å². The molecule has 0 radical (unpaired) electrons. The number of hydrogen-bond acceptors (Lipinski definition) is 5. The van der Waals surface area contributed by atoms with E-state index >= 15 is 0 Å². The van der Waals surface area contributed by atoms with Gasteiger partial charge in [0.05, 0.1) is 4.88 Å². The third kappa shape index (κ3) is 3.73. The smallest absolute Gasteiger partial charge is 0.192 e. The Balaban J connectivity index is 2.06. The van der Waals surface area contributed by atoms with Crippen LogP contribution in [0.25, 0.3) is 10.7 Å². The second-order valence-electron chi connectivity index (χ2n) is 6.90. The first-order valence-electron chi connectivity index (χ1n) is 8.43. The van der Waals surface area contributed by atoms with Crippen LogP contribution in [0.15, 0.2) is 24.3 Å². The van der Waals surface area contributed by atoms with Gasteiger partial charge in [0.1, 0.15) is 10.9 Å². The van der Waals surface area contributed by atoms with Gasteiger partial charge in [-0.1, -0.05) is 11.6 Å². The highest BCUT2D eigenvalue weighted by Crippen LogP contribution is 2.36. The zero-order valence-corrected chi connectivity index (χ0v) is 17.2. The maximum atomic E-state index is 14.2. The fraction of sp³-hybridized carbons (Fsp3) is 0.316. The number of hydrogen-bond donors (Lipinski definition) is 0. The molecule has 0 N–H and O–H groups in total. The van der Waals surface area contributed by atoms with Crippen LogP contribution in [0.4, 0.5) is 8.78 Å². The van der Waals surface area contributed by atoms with Crippen LogP contribution in [-0.4, -0.2) is 14.8 Å². The fourth-order valence-electron chi connectivity index (χ4n) is 2.80. The Morgan fingerprint density at radius 3 is 2.39 bits per heavy atom. The van der Waals surface area contributed by atoms with Crippen LogP contribution in [0.1, 0.15) is 44.4 Å². The van der Waals surface area contributed by atoms with Gasteiger partial charge in [-0.2, -0.15) is 5.26 Å². The molecule has 0 fully saturated rings. The summed E-state index contributed by atoms with van der Waals surface area (Å²) >= 11 is 6.97. The maximum absolute atomic E-state index is 14.2. The lowest BCUT2D eigenvalue weighted by atomic mass is 10.1. The predicted molar refractivity (Wildman–Crippen MR) is 103 cm³/mol.